The molecule has 0 saturated carbocycles. The van der Waals surface area contributed by atoms with Crippen molar-refractivity contribution in [3.8, 4) is 16.9 Å². The SMILES string of the molecule is COc1cc(F)c(-c2ccc(F)cc2CN)c(F)c1. The molecular weight excluding hydrogens is 255 g/mol. The maximum Gasteiger partial charge on any atom is 0.137 e. The summed E-state index contributed by atoms with van der Waals surface area (Å²) in [4.78, 5) is 0. The maximum atomic E-state index is 13.9. The number of ether oxygens (including phenoxy) is 1. The van der Waals surface area contributed by atoms with Gasteiger partial charge in [-0.3, -0.25) is 0 Å². The second kappa shape index (κ2) is 5.32. The summed E-state index contributed by atoms with van der Waals surface area (Å²) in [5, 5.41) is 0. The van der Waals surface area contributed by atoms with Gasteiger partial charge in [-0.25, -0.2) is 13.2 Å². The van der Waals surface area contributed by atoms with Crippen molar-refractivity contribution in [3.63, 3.8) is 0 Å². The van der Waals surface area contributed by atoms with Crippen molar-refractivity contribution in [2.75, 3.05) is 7.11 Å². The second-order valence-electron chi connectivity index (χ2n) is 3.97. The van der Waals surface area contributed by atoms with E-state index in [2.05, 4.69) is 0 Å². The molecule has 2 aromatic rings. The minimum absolute atomic E-state index is 0.0159. The van der Waals surface area contributed by atoms with Gasteiger partial charge in [-0.15, -0.1) is 0 Å². The molecule has 0 spiro atoms. The highest BCUT2D eigenvalue weighted by atomic mass is 19.1. The second-order valence-corrected chi connectivity index (χ2v) is 3.97. The first-order chi connectivity index (χ1) is 9.06. The molecule has 0 bridgehead atoms. The number of hydrogen-bond acceptors (Lipinski definition) is 2. The number of methoxy groups -OCH3 is 1. The Hall–Kier alpha value is -2.01. The van der Waals surface area contributed by atoms with Crippen LogP contribution in [0.4, 0.5) is 13.2 Å². The zero-order valence-electron chi connectivity index (χ0n) is 10.2. The summed E-state index contributed by atoms with van der Waals surface area (Å²) in [5.74, 6) is -1.98. The van der Waals surface area contributed by atoms with Gasteiger partial charge in [-0.05, 0) is 23.3 Å². The minimum Gasteiger partial charge on any atom is -0.497 e. The van der Waals surface area contributed by atoms with Crippen LogP contribution in [0.15, 0.2) is 30.3 Å². The van der Waals surface area contributed by atoms with Gasteiger partial charge in [-0.2, -0.15) is 0 Å². The summed E-state index contributed by atoms with van der Waals surface area (Å²) in [6.45, 7) is -0.0159. The Morgan fingerprint density at radius 2 is 1.68 bits per heavy atom. The maximum absolute atomic E-state index is 13.9. The topological polar surface area (TPSA) is 35.2 Å². The van der Waals surface area contributed by atoms with Crippen molar-refractivity contribution in [1.29, 1.82) is 0 Å². The van der Waals surface area contributed by atoms with E-state index in [1.165, 1.54) is 19.2 Å². The predicted octanol–water partition coefficient (Wildman–Crippen LogP) is 3.24. The van der Waals surface area contributed by atoms with Crippen molar-refractivity contribution in [2.24, 2.45) is 5.73 Å². The van der Waals surface area contributed by atoms with Crippen molar-refractivity contribution in [2.45, 2.75) is 6.54 Å². The standard InChI is InChI=1S/C14H12F3NO/c1-19-10-5-12(16)14(13(17)6-10)11-3-2-9(15)4-8(11)7-18/h2-6H,7,18H2,1H3. The van der Waals surface area contributed by atoms with E-state index in [0.717, 1.165) is 18.2 Å². The third-order valence-electron chi connectivity index (χ3n) is 2.81. The molecule has 0 aliphatic heterocycles. The summed E-state index contributed by atoms with van der Waals surface area (Å²) in [5.41, 5.74) is 5.82. The number of rotatable bonds is 3. The smallest absolute Gasteiger partial charge is 0.137 e. The van der Waals surface area contributed by atoms with Gasteiger partial charge < -0.3 is 10.5 Å². The van der Waals surface area contributed by atoms with E-state index in [9.17, 15) is 13.2 Å². The number of halogens is 3. The summed E-state index contributed by atoms with van der Waals surface area (Å²) in [6.07, 6.45) is 0. The van der Waals surface area contributed by atoms with Crippen molar-refractivity contribution >= 4 is 0 Å². The van der Waals surface area contributed by atoms with Crippen LogP contribution in [-0.2, 0) is 6.54 Å². The van der Waals surface area contributed by atoms with Gasteiger partial charge in [0.25, 0.3) is 0 Å². The summed E-state index contributed by atoms with van der Waals surface area (Å²) in [7, 11) is 1.32. The molecule has 19 heavy (non-hydrogen) atoms. The molecule has 0 aromatic heterocycles. The average molecular weight is 267 g/mol. The van der Waals surface area contributed by atoms with E-state index < -0.39 is 17.5 Å². The van der Waals surface area contributed by atoms with E-state index in [4.69, 9.17) is 10.5 Å². The Kier molecular flexibility index (Phi) is 3.76. The molecule has 100 valence electrons. The highest BCUT2D eigenvalue weighted by Gasteiger charge is 2.16. The third kappa shape index (κ3) is 2.56. The average Bonchev–Trinajstić information content (AvgIpc) is 2.39. The summed E-state index contributed by atoms with van der Waals surface area (Å²) < 4.78 is 45.8. The Morgan fingerprint density at radius 3 is 2.21 bits per heavy atom. The Bertz CT molecular complexity index is 591. The highest BCUT2D eigenvalue weighted by molar-refractivity contribution is 5.69. The largest absolute Gasteiger partial charge is 0.497 e. The monoisotopic (exact) mass is 267 g/mol. The molecule has 5 heteroatoms. The Balaban J connectivity index is 2.65. The van der Waals surface area contributed by atoms with Crippen LogP contribution >= 0.6 is 0 Å². The van der Waals surface area contributed by atoms with Crippen molar-refractivity contribution in [1.82, 2.24) is 0 Å². The molecule has 2 nitrogen and oxygen atoms in total. The van der Waals surface area contributed by atoms with Crippen molar-refractivity contribution < 1.29 is 17.9 Å². The first-order valence-electron chi connectivity index (χ1n) is 5.58. The molecule has 0 saturated heterocycles. The fraction of sp³-hybridized carbons (Fsp3) is 0.143. The van der Waals surface area contributed by atoms with Gasteiger partial charge in [-0.1, -0.05) is 6.07 Å². The molecule has 0 radical (unpaired) electrons. The molecule has 0 atom stereocenters. The molecule has 2 N–H and O–H groups in total. The van der Waals surface area contributed by atoms with Gasteiger partial charge in [0.1, 0.15) is 23.2 Å². The first-order valence-corrected chi connectivity index (χ1v) is 5.58. The van der Waals surface area contributed by atoms with Crippen LogP contribution in [0.3, 0.4) is 0 Å². The molecular formula is C14H12F3NO. The molecule has 2 aromatic carbocycles. The highest BCUT2D eigenvalue weighted by Crippen LogP contribution is 2.32. The van der Waals surface area contributed by atoms with Crippen LogP contribution in [0.1, 0.15) is 5.56 Å². The van der Waals surface area contributed by atoms with Gasteiger partial charge in [0.05, 0.1) is 12.7 Å². The van der Waals surface area contributed by atoms with Crippen LogP contribution in [0, 0.1) is 17.5 Å². The van der Waals surface area contributed by atoms with Crippen LogP contribution in [0.5, 0.6) is 5.75 Å². The van der Waals surface area contributed by atoms with Gasteiger partial charge in [0, 0.05) is 18.7 Å². The van der Waals surface area contributed by atoms with Crippen molar-refractivity contribution in [3.05, 3.63) is 53.3 Å². The van der Waals surface area contributed by atoms with E-state index in [-0.39, 0.29) is 23.4 Å². The van der Waals surface area contributed by atoms with E-state index >= 15 is 0 Å². The van der Waals surface area contributed by atoms with E-state index in [1.807, 2.05) is 0 Å². The molecule has 0 heterocycles. The van der Waals surface area contributed by atoms with E-state index in [0.29, 0.717) is 5.56 Å². The minimum atomic E-state index is -0.779. The lowest BCUT2D eigenvalue weighted by Gasteiger charge is -2.11. The quantitative estimate of drug-likeness (QED) is 0.926. The first kappa shape index (κ1) is 13.4. The lowest BCUT2D eigenvalue weighted by molar-refractivity contribution is 0.407. The van der Waals surface area contributed by atoms with Crippen LogP contribution < -0.4 is 10.5 Å². The van der Waals surface area contributed by atoms with Crippen LogP contribution in [-0.4, -0.2) is 7.11 Å². The van der Waals surface area contributed by atoms with E-state index in [1.54, 1.807) is 0 Å². The van der Waals surface area contributed by atoms with Crippen LogP contribution in [0.25, 0.3) is 11.1 Å². The molecule has 0 amide bonds. The lowest BCUT2D eigenvalue weighted by Crippen LogP contribution is -2.02. The third-order valence-corrected chi connectivity index (χ3v) is 2.81. The summed E-state index contributed by atoms with van der Waals surface area (Å²) in [6, 6.07) is 5.76. The Morgan fingerprint density at radius 1 is 1.05 bits per heavy atom. The van der Waals surface area contributed by atoms with Gasteiger partial charge >= 0.3 is 0 Å². The summed E-state index contributed by atoms with van der Waals surface area (Å²) >= 11 is 0. The molecule has 0 unspecified atom stereocenters. The molecule has 0 fully saturated rings. The molecule has 0 aliphatic carbocycles. The van der Waals surface area contributed by atoms with Gasteiger partial charge in [0.15, 0.2) is 0 Å². The normalized spacial score (nSPS) is 10.6. The number of hydrogen-bond donors (Lipinski definition) is 1. The van der Waals surface area contributed by atoms with Crippen LogP contribution in [0.2, 0.25) is 0 Å². The fourth-order valence-corrected chi connectivity index (χ4v) is 1.90. The zero-order chi connectivity index (χ0) is 14.0. The predicted molar refractivity (Wildman–Crippen MR) is 66.2 cm³/mol. The molecule has 0 aliphatic rings. The fourth-order valence-electron chi connectivity index (χ4n) is 1.90. The van der Waals surface area contributed by atoms with Gasteiger partial charge in [0.2, 0.25) is 0 Å². The zero-order valence-corrected chi connectivity index (χ0v) is 10.2. The number of benzene rings is 2. The number of nitrogens with two attached hydrogens (primary N) is 1. The lowest BCUT2D eigenvalue weighted by atomic mass is 9.98. The molecule has 2 rings (SSSR count). The Labute approximate surface area is 108 Å².